The molecular formula is C12H14NO6-. The van der Waals surface area contributed by atoms with Gasteiger partial charge in [-0.3, -0.25) is 0 Å². The van der Waals surface area contributed by atoms with E-state index in [1.807, 2.05) is 0 Å². The Labute approximate surface area is 109 Å². The Morgan fingerprint density at radius 1 is 1.26 bits per heavy atom. The highest BCUT2D eigenvalue weighted by molar-refractivity contribution is 5.86. The fourth-order valence-corrected chi connectivity index (χ4v) is 1.89. The number of aliphatic hydroxyl groups is 3. The fraction of sp³-hybridized carbons (Fsp3) is 0.417. The van der Waals surface area contributed by atoms with Gasteiger partial charge in [-0.2, -0.15) is 0 Å². The summed E-state index contributed by atoms with van der Waals surface area (Å²) in [6, 6.07) is 5.66. The van der Waals surface area contributed by atoms with E-state index in [1.165, 1.54) is 24.3 Å². The lowest BCUT2D eigenvalue weighted by Gasteiger charge is -2.18. The molecule has 1 aliphatic heterocycles. The Bertz CT molecular complexity index is 448. The predicted molar refractivity (Wildman–Crippen MR) is 62.2 cm³/mol. The van der Waals surface area contributed by atoms with E-state index in [0.717, 1.165) is 0 Å². The highest BCUT2D eigenvalue weighted by Gasteiger charge is 2.42. The van der Waals surface area contributed by atoms with E-state index in [2.05, 4.69) is 5.32 Å². The maximum atomic E-state index is 10.6. The van der Waals surface area contributed by atoms with Crippen LogP contribution in [0.4, 0.5) is 5.69 Å². The van der Waals surface area contributed by atoms with Gasteiger partial charge in [0.15, 0.2) is 6.23 Å². The van der Waals surface area contributed by atoms with Crippen molar-refractivity contribution in [2.75, 3.05) is 11.9 Å². The van der Waals surface area contributed by atoms with Crippen LogP contribution in [-0.4, -0.2) is 52.4 Å². The summed E-state index contributed by atoms with van der Waals surface area (Å²) in [5, 5.41) is 41.6. The van der Waals surface area contributed by atoms with E-state index in [0.29, 0.717) is 5.69 Å². The van der Waals surface area contributed by atoms with Crippen LogP contribution in [0.25, 0.3) is 0 Å². The molecule has 1 aromatic rings. The van der Waals surface area contributed by atoms with Gasteiger partial charge in [0.2, 0.25) is 0 Å². The molecule has 4 atom stereocenters. The number of carboxylic acids is 1. The average Bonchev–Trinajstić information content (AvgIpc) is 2.67. The molecule has 104 valence electrons. The minimum atomic E-state index is -1.28. The molecule has 4 N–H and O–H groups in total. The van der Waals surface area contributed by atoms with Crippen LogP contribution in [0.1, 0.15) is 10.4 Å². The van der Waals surface area contributed by atoms with Gasteiger partial charge in [0, 0.05) is 5.69 Å². The lowest BCUT2D eigenvalue weighted by molar-refractivity contribution is -0.255. The number of rotatable bonds is 4. The minimum absolute atomic E-state index is 0.0340. The van der Waals surface area contributed by atoms with Crippen LogP contribution < -0.4 is 10.4 Å². The van der Waals surface area contributed by atoms with Gasteiger partial charge >= 0.3 is 0 Å². The molecule has 0 bridgehead atoms. The zero-order valence-corrected chi connectivity index (χ0v) is 9.89. The molecule has 0 aliphatic carbocycles. The monoisotopic (exact) mass is 268 g/mol. The summed E-state index contributed by atoms with van der Waals surface area (Å²) in [4.78, 5) is 10.6. The Hall–Kier alpha value is -1.67. The third kappa shape index (κ3) is 2.85. The first-order valence-corrected chi connectivity index (χ1v) is 5.73. The van der Waals surface area contributed by atoms with Crippen LogP contribution >= 0.6 is 0 Å². The van der Waals surface area contributed by atoms with E-state index in [9.17, 15) is 20.1 Å². The number of benzene rings is 1. The number of aliphatic hydroxyl groups excluding tert-OH is 3. The van der Waals surface area contributed by atoms with E-state index >= 15 is 0 Å². The topological polar surface area (TPSA) is 122 Å². The first-order chi connectivity index (χ1) is 9.02. The van der Waals surface area contributed by atoms with Crippen molar-refractivity contribution in [1.82, 2.24) is 0 Å². The Balaban J connectivity index is 2.03. The molecule has 1 saturated heterocycles. The van der Waals surface area contributed by atoms with E-state index in [4.69, 9.17) is 9.84 Å². The van der Waals surface area contributed by atoms with E-state index in [-0.39, 0.29) is 5.56 Å². The van der Waals surface area contributed by atoms with Crippen molar-refractivity contribution in [3.63, 3.8) is 0 Å². The molecule has 0 aromatic heterocycles. The minimum Gasteiger partial charge on any atom is -0.545 e. The molecule has 0 amide bonds. The van der Waals surface area contributed by atoms with E-state index < -0.39 is 37.1 Å². The van der Waals surface area contributed by atoms with Crippen molar-refractivity contribution in [3.05, 3.63) is 29.8 Å². The normalized spacial score (nSPS) is 30.3. The molecule has 4 unspecified atom stereocenters. The number of hydrogen-bond acceptors (Lipinski definition) is 7. The maximum absolute atomic E-state index is 10.6. The molecule has 0 saturated carbocycles. The van der Waals surface area contributed by atoms with Crippen molar-refractivity contribution >= 4 is 11.7 Å². The van der Waals surface area contributed by atoms with Crippen molar-refractivity contribution in [1.29, 1.82) is 0 Å². The molecule has 1 fully saturated rings. The van der Waals surface area contributed by atoms with Crippen molar-refractivity contribution in [3.8, 4) is 0 Å². The summed E-state index contributed by atoms with van der Waals surface area (Å²) in [6.45, 7) is -0.403. The zero-order chi connectivity index (χ0) is 14.0. The van der Waals surface area contributed by atoms with Crippen LogP contribution in [0.3, 0.4) is 0 Å². The molecule has 1 aliphatic rings. The van der Waals surface area contributed by atoms with Crippen LogP contribution in [0.5, 0.6) is 0 Å². The molecule has 0 spiro atoms. The molecule has 7 heteroatoms. The quantitative estimate of drug-likeness (QED) is 0.493. The van der Waals surface area contributed by atoms with Gasteiger partial charge in [-0.1, -0.05) is 12.1 Å². The Morgan fingerprint density at radius 2 is 1.89 bits per heavy atom. The lowest BCUT2D eigenvalue weighted by atomic mass is 10.1. The third-order valence-electron chi connectivity index (χ3n) is 2.97. The number of carboxylic acid groups (broad SMARTS) is 1. The van der Waals surface area contributed by atoms with Crippen LogP contribution in [-0.2, 0) is 4.74 Å². The van der Waals surface area contributed by atoms with Crippen molar-refractivity contribution in [2.45, 2.75) is 24.5 Å². The SMILES string of the molecule is O=C([O-])c1ccc(NC2OC(CO)C(O)C2O)cc1. The largest absolute Gasteiger partial charge is 0.545 e. The van der Waals surface area contributed by atoms with Gasteiger partial charge in [-0.25, -0.2) is 0 Å². The first-order valence-electron chi connectivity index (χ1n) is 5.73. The van der Waals surface area contributed by atoms with Crippen LogP contribution in [0.2, 0.25) is 0 Å². The smallest absolute Gasteiger partial charge is 0.157 e. The van der Waals surface area contributed by atoms with Gasteiger partial charge in [0.25, 0.3) is 0 Å². The third-order valence-corrected chi connectivity index (χ3v) is 2.97. The number of hydrogen-bond donors (Lipinski definition) is 4. The summed E-state index contributed by atoms with van der Waals surface area (Å²) in [5.74, 6) is -1.28. The van der Waals surface area contributed by atoms with E-state index in [1.54, 1.807) is 0 Å². The number of nitrogens with one attached hydrogen (secondary N) is 1. The standard InChI is InChI=1S/C12H15NO6/c14-5-8-9(15)10(16)11(19-8)13-7-3-1-6(2-4-7)12(17)18/h1-4,8-11,13-16H,5H2,(H,17,18)/p-1. The van der Waals surface area contributed by atoms with Gasteiger partial charge in [-0.05, 0) is 17.7 Å². The molecule has 19 heavy (non-hydrogen) atoms. The number of carbonyl (C=O) groups is 1. The van der Waals surface area contributed by atoms with Gasteiger partial charge in [-0.15, -0.1) is 0 Å². The molecule has 2 rings (SSSR count). The summed E-state index contributed by atoms with van der Waals surface area (Å²) >= 11 is 0. The second kappa shape index (κ2) is 5.54. The number of carbonyl (C=O) groups excluding carboxylic acids is 1. The number of anilines is 1. The Kier molecular flexibility index (Phi) is 4.01. The number of aromatic carboxylic acids is 1. The second-order valence-corrected chi connectivity index (χ2v) is 4.27. The lowest BCUT2D eigenvalue weighted by Crippen LogP contribution is -2.36. The van der Waals surface area contributed by atoms with Gasteiger partial charge < -0.3 is 35.3 Å². The summed E-state index contributed by atoms with van der Waals surface area (Å²) < 4.78 is 5.23. The van der Waals surface area contributed by atoms with Gasteiger partial charge in [0.05, 0.1) is 12.6 Å². The van der Waals surface area contributed by atoms with Crippen molar-refractivity contribution < 1.29 is 30.0 Å². The molecule has 1 heterocycles. The second-order valence-electron chi connectivity index (χ2n) is 4.27. The van der Waals surface area contributed by atoms with Crippen molar-refractivity contribution in [2.24, 2.45) is 0 Å². The molecule has 0 radical (unpaired) electrons. The van der Waals surface area contributed by atoms with Crippen LogP contribution in [0.15, 0.2) is 24.3 Å². The molecule has 7 nitrogen and oxygen atoms in total. The first kappa shape index (κ1) is 13.8. The predicted octanol–water partition coefficient (Wildman–Crippen LogP) is -2.10. The van der Waals surface area contributed by atoms with Crippen LogP contribution in [0, 0.1) is 0 Å². The average molecular weight is 268 g/mol. The number of ether oxygens (including phenoxy) is 1. The highest BCUT2D eigenvalue weighted by atomic mass is 16.6. The van der Waals surface area contributed by atoms with Gasteiger partial charge in [0.1, 0.15) is 18.3 Å². The maximum Gasteiger partial charge on any atom is 0.157 e. The molecule has 1 aromatic carbocycles. The zero-order valence-electron chi connectivity index (χ0n) is 9.89. The summed E-state index contributed by atoms with van der Waals surface area (Å²) in [6.07, 6.45) is -4.08. The Morgan fingerprint density at radius 3 is 2.37 bits per heavy atom. The summed E-state index contributed by atoms with van der Waals surface area (Å²) in [7, 11) is 0. The fourth-order valence-electron chi connectivity index (χ4n) is 1.89. The highest BCUT2D eigenvalue weighted by Crippen LogP contribution is 2.23. The summed E-state index contributed by atoms with van der Waals surface area (Å²) in [5.41, 5.74) is 0.548. The molecular weight excluding hydrogens is 254 g/mol.